The van der Waals surface area contributed by atoms with Gasteiger partial charge in [-0.25, -0.2) is 0 Å². The Bertz CT molecular complexity index is 260. The van der Waals surface area contributed by atoms with Gasteiger partial charge in [-0.3, -0.25) is 0 Å². The van der Waals surface area contributed by atoms with E-state index in [4.69, 9.17) is 0 Å². The molecule has 1 aliphatic rings. The zero-order valence-electron chi connectivity index (χ0n) is 7.98. The number of anilines is 1. The van der Waals surface area contributed by atoms with Crippen LogP contribution < -0.4 is 4.90 Å². The molecule has 0 aromatic carbocycles. The van der Waals surface area contributed by atoms with Crippen molar-refractivity contribution in [2.24, 2.45) is 0 Å². The number of aromatic nitrogens is 2. The number of hydrogen-bond donors (Lipinski definition) is 0. The summed E-state index contributed by atoms with van der Waals surface area (Å²) in [6.45, 7) is 3.37. The molecule has 1 unspecified atom stereocenters. The van der Waals surface area contributed by atoms with E-state index >= 15 is 0 Å². The first-order chi connectivity index (χ1) is 6.42. The second-order valence-corrected chi connectivity index (χ2v) is 3.48. The van der Waals surface area contributed by atoms with Crippen LogP contribution in [0.25, 0.3) is 0 Å². The van der Waals surface area contributed by atoms with E-state index in [1.165, 1.54) is 19.3 Å². The van der Waals surface area contributed by atoms with E-state index in [-0.39, 0.29) is 0 Å². The average molecular weight is 177 g/mol. The molecular weight excluding hydrogens is 162 g/mol. The summed E-state index contributed by atoms with van der Waals surface area (Å²) in [4.78, 5) is 2.37. The highest BCUT2D eigenvalue weighted by molar-refractivity contribution is 5.39. The molecule has 0 spiro atoms. The highest BCUT2D eigenvalue weighted by Gasteiger charge is 2.23. The van der Waals surface area contributed by atoms with Crippen LogP contribution in [-0.2, 0) is 0 Å². The van der Waals surface area contributed by atoms with Crippen molar-refractivity contribution in [2.75, 3.05) is 11.4 Å². The maximum absolute atomic E-state index is 4.13. The highest BCUT2D eigenvalue weighted by Crippen LogP contribution is 2.24. The molecule has 1 aliphatic heterocycles. The first-order valence-electron chi connectivity index (χ1n) is 4.96. The Balaban J connectivity index is 2.16. The van der Waals surface area contributed by atoms with Crippen LogP contribution >= 0.6 is 0 Å². The van der Waals surface area contributed by atoms with Gasteiger partial charge < -0.3 is 4.90 Å². The van der Waals surface area contributed by atoms with E-state index in [0.29, 0.717) is 6.04 Å². The van der Waals surface area contributed by atoms with Gasteiger partial charge in [-0.15, -0.1) is 5.10 Å². The molecule has 1 aromatic heterocycles. The molecular formula is C10H15N3. The summed E-state index contributed by atoms with van der Waals surface area (Å²) in [6, 6.07) is 4.67. The third kappa shape index (κ3) is 1.64. The molecule has 1 atom stereocenters. The van der Waals surface area contributed by atoms with Crippen molar-refractivity contribution >= 4 is 5.82 Å². The molecule has 3 nitrogen and oxygen atoms in total. The number of rotatable bonds is 2. The predicted molar refractivity (Wildman–Crippen MR) is 52.7 cm³/mol. The summed E-state index contributed by atoms with van der Waals surface area (Å²) in [5.74, 6) is 1.03. The molecule has 1 aromatic rings. The minimum atomic E-state index is 0.677. The van der Waals surface area contributed by atoms with E-state index in [1.807, 2.05) is 12.1 Å². The van der Waals surface area contributed by atoms with Crippen molar-refractivity contribution in [3.8, 4) is 0 Å². The van der Waals surface area contributed by atoms with E-state index < -0.39 is 0 Å². The van der Waals surface area contributed by atoms with Crippen molar-refractivity contribution in [1.82, 2.24) is 10.2 Å². The molecule has 1 saturated heterocycles. The first kappa shape index (κ1) is 8.48. The van der Waals surface area contributed by atoms with Gasteiger partial charge in [0.1, 0.15) is 0 Å². The Labute approximate surface area is 78.8 Å². The van der Waals surface area contributed by atoms with Crippen LogP contribution in [0.4, 0.5) is 5.82 Å². The van der Waals surface area contributed by atoms with Crippen LogP contribution in [0.5, 0.6) is 0 Å². The molecule has 13 heavy (non-hydrogen) atoms. The number of hydrogen-bond acceptors (Lipinski definition) is 3. The van der Waals surface area contributed by atoms with Gasteiger partial charge in [-0.1, -0.05) is 6.92 Å². The van der Waals surface area contributed by atoms with Gasteiger partial charge in [0.05, 0.1) is 0 Å². The largest absolute Gasteiger partial charge is 0.352 e. The van der Waals surface area contributed by atoms with Gasteiger partial charge >= 0.3 is 0 Å². The monoisotopic (exact) mass is 177 g/mol. The Morgan fingerprint density at radius 1 is 1.62 bits per heavy atom. The zero-order chi connectivity index (χ0) is 9.10. The molecule has 0 bridgehead atoms. The van der Waals surface area contributed by atoms with Crippen molar-refractivity contribution < 1.29 is 0 Å². The molecule has 0 saturated carbocycles. The topological polar surface area (TPSA) is 29.0 Å². The fraction of sp³-hybridized carbons (Fsp3) is 0.600. The summed E-state index contributed by atoms with van der Waals surface area (Å²) in [5.41, 5.74) is 0. The Morgan fingerprint density at radius 2 is 2.54 bits per heavy atom. The summed E-state index contributed by atoms with van der Waals surface area (Å²) in [6.07, 6.45) is 5.51. The molecule has 0 radical (unpaired) electrons. The van der Waals surface area contributed by atoms with E-state index in [9.17, 15) is 0 Å². The molecule has 2 rings (SSSR count). The quantitative estimate of drug-likeness (QED) is 0.690. The first-order valence-corrected chi connectivity index (χ1v) is 4.96. The zero-order valence-corrected chi connectivity index (χ0v) is 7.98. The second-order valence-electron chi connectivity index (χ2n) is 3.48. The SMILES string of the molecule is CCC1CCCN1c1cccnn1. The second kappa shape index (κ2) is 3.73. The third-order valence-electron chi connectivity index (χ3n) is 2.70. The minimum absolute atomic E-state index is 0.677. The Kier molecular flexibility index (Phi) is 2.43. The number of nitrogens with zero attached hydrogens (tertiary/aromatic N) is 3. The summed E-state index contributed by atoms with van der Waals surface area (Å²) < 4.78 is 0. The molecule has 1 fully saturated rings. The van der Waals surface area contributed by atoms with E-state index in [0.717, 1.165) is 12.4 Å². The predicted octanol–water partition coefficient (Wildman–Crippen LogP) is 1.86. The lowest BCUT2D eigenvalue weighted by molar-refractivity contribution is 0.637. The van der Waals surface area contributed by atoms with Crippen LogP contribution in [0, 0.1) is 0 Å². The Morgan fingerprint density at radius 3 is 3.23 bits per heavy atom. The maximum Gasteiger partial charge on any atom is 0.151 e. The molecule has 2 heterocycles. The normalized spacial score (nSPS) is 22.2. The van der Waals surface area contributed by atoms with Gasteiger partial charge in [-0.2, -0.15) is 5.10 Å². The summed E-state index contributed by atoms with van der Waals surface area (Å²) in [5, 5.41) is 8.04. The van der Waals surface area contributed by atoms with Crippen molar-refractivity contribution in [1.29, 1.82) is 0 Å². The van der Waals surface area contributed by atoms with E-state index in [2.05, 4.69) is 22.0 Å². The lowest BCUT2D eigenvalue weighted by Crippen LogP contribution is -2.29. The Hall–Kier alpha value is -1.12. The van der Waals surface area contributed by atoms with Crippen LogP contribution in [0.3, 0.4) is 0 Å². The smallest absolute Gasteiger partial charge is 0.151 e. The average Bonchev–Trinajstić information content (AvgIpc) is 2.67. The third-order valence-corrected chi connectivity index (χ3v) is 2.70. The van der Waals surface area contributed by atoms with Gasteiger partial charge in [0.2, 0.25) is 0 Å². The van der Waals surface area contributed by atoms with Crippen molar-refractivity contribution in [3.63, 3.8) is 0 Å². The van der Waals surface area contributed by atoms with Gasteiger partial charge in [0.25, 0.3) is 0 Å². The van der Waals surface area contributed by atoms with Gasteiger partial charge in [0.15, 0.2) is 5.82 Å². The molecule has 70 valence electrons. The fourth-order valence-corrected chi connectivity index (χ4v) is 2.01. The van der Waals surface area contributed by atoms with Crippen molar-refractivity contribution in [3.05, 3.63) is 18.3 Å². The van der Waals surface area contributed by atoms with Crippen LogP contribution in [0.2, 0.25) is 0 Å². The molecule has 0 N–H and O–H groups in total. The van der Waals surface area contributed by atoms with Gasteiger partial charge in [-0.05, 0) is 31.4 Å². The van der Waals surface area contributed by atoms with Crippen LogP contribution in [0.15, 0.2) is 18.3 Å². The summed E-state index contributed by atoms with van der Waals surface area (Å²) >= 11 is 0. The van der Waals surface area contributed by atoms with Crippen LogP contribution in [0.1, 0.15) is 26.2 Å². The molecule has 3 heteroatoms. The van der Waals surface area contributed by atoms with Gasteiger partial charge in [0, 0.05) is 18.8 Å². The fourth-order valence-electron chi connectivity index (χ4n) is 2.01. The minimum Gasteiger partial charge on any atom is -0.352 e. The van der Waals surface area contributed by atoms with Crippen molar-refractivity contribution in [2.45, 2.75) is 32.2 Å². The molecule has 0 aliphatic carbocycles. The lowest BCUT2D eigenvalue weighted by Gasteiger charge is -2.23. The van der Waals surface area contributed by atoms with Crippen LogP contribution in [-0.4, -0.2) is 22.8 Å². The highest BCUT2D eigenvalue weighted by atomic mass is 15.3. The standard InChI is InChI=1S/C10H15N3/c1-2-9-5-4-8-13(9)10-6-3-7-11-12-10/h3,6-7,9H,2,4-5,8H2,1H3. The lowest BCUT2D eigenvalue weighted by atomic mass is 10.2. The summed E-state index contributed by atoms with van der Waals surface area (Å²) in [7, 11) is 0. The molecule has 0 amide bonds. The van der Waals surface area contributed by atoms with E-state index in [1.54, 1.807) is 6.20 Å². The maximum atomic E-state index is 4.13.